The fourth-order valence-electron chi connectivity index (χ4n) is 1.44. The fourth-order valence-corrected chi connectivity index (χ4v) is 1.44. The van der Waals surface area contributed by atoms with Crippen LogP contribution in [0.1, 0.15) is 12.0 Å². The largest absolute Gasteiger partial charge is 0.493 e. The minimum Gasteiger partial charge on any atom is -0.493 e. The van der Waals surface area contributed by atoms with Crippen LogP contribution in [0.2, 0.25) is 0 Å². The Balaban J connectivity index is 2.18. The van der Waals surface area contributed by atoms with Gasteiger partial charge in [-0.3, -0.25) is 4.79 Å². The Bertz CT molecular complexity index is 374. The van der Waals surface area contributed by atoms with Crippen LogP contribution in [0, 0.1) is 6.92 Å². The summed E-state index contributed by atoms with van der Waals surface area (Å²) in [6.45, 7) is 2.69. The number of ether oxygens (including phenoxy) is 3. The molecule has 0 aliphatic heterocycles. The van der Waals surface area contributed by atoms with E-state index in [-0.39, 0.29) is 5.91 Å². The molecular weight excluding hydrogens is 246 g/mol. The first-order chi connectivity index (χ1) is 9.15. The van der Waals surface area contributed by atoms with Crippen LogP contribution in [0.25, 0.3) is 0 Å². The molecule has 0 saturated heterocycles. The summed E-state index contributed by atoms with van der Waals surface area (Å²) in [6, 6.07) is 7.71. The van der Waals surface area contributed by atoms with Crippen molar-refractivity contribution in [1.29, 1.82) is 0 Å². The molecule has 0 unspecified atom stereocenters. The van der Waals surface area contributed by atoms with E-state index in [1.807, 2.05) is 31.2 Å². The van der Waals surface area contributed by atoms with Crippen molar-refractivity contribution < 1.29 is 19.0 Å². The Morgan fingerprint density at radius 3 is 2.42 bits per heavy atom. The van der Waals surface area contributed by atoms with Crippen LogP contribution in [0.3, 0.4) is 0 Å². The average molecular weight is 267 g/mol. The Kier molecular flexibility index (Phi) is 6.92. The summed E-state index contributed by atoms with van der Waals surface area (Å²) in [4.78, 5) is 11.5. The molecule has 19 heavy (non-hydrogen) atoms. The van der Waals surface area contributed by atoms with E-state index in [1.165, 1.54) is 19.8 Å². The fraction of sp³-hybridized carbons (Fsp3) is 0.500. The van der Waals surface area contributed by atoms with Crippen molar-refractivity contribution in [2.75, 3.05) is 27.4 Å². The van der Waals surface area contributed by atoms with Crippen molar-refractivity contribution in [2.24, 2.45) is 0 Å². The number of benzene rings is 1. The summed E-state index contributed by atoms with van der Waals surface area (Å²) >= 11 is 0. The molecule has 1 aromatic rings. The van der Waals surface area contributed by atoms with Crippen molar-refractivity contribution in [3.05, 3.63) is 29.8 Å². The summed E-state index contributed by atoms with van der Waals surface area (Å²) in [5.41, 5.74) is 1.18. The van der Waals surface area contributed by atoms with Crippen molar-refractivity contribution in [2.45, 2.75) is 19.6 Å². The summed E-state index contributed by atoms with van der Waals surface area (Å²) in [5.74, 6) is 0.677. The van der Waals surface area contributed by atoms with E-state index in [4.69, 9.17) is 14.2 Å². The quantitative estimate of drug-likeness (QED) is 0.725. The topological polar surface area (TPSA) is 56.8 Å². The van der Waals surface area contributed by atoms with Gasteiger partial charge in [0.1, 0.15) is 5.75 Å². The van der Waals surface area contributed by atoms with Gasteiger partial charge in [0, 0.05) is 14.2 Å². The van der Waals surface area contributed by atoms with E-state index in [2.05, 4.69) is 5.32 Å². The number of hydrogen-bond acceptors (Lipinski definition) is 4. The molecule has 0 fully saturated rings. The molecule has 0 heterocycles. The van der Waals surface area contributed by atoms with E-state index < -0.39 is 6.29 Å². The van der Waals surface area contributed by atoms with E-state index >= 15 is 0 Å². The highest BCUT2D eigenvalue weighted by molar-refractivity contribution is 5.75. The molecule has 0 spiro atoms. The van der Waals surface area contributed by atoms with Crippen LogP contribution < -0.4 is 10.1 Å². The molecule has 0 atom stereocenters. The zero-order valence-corrected chi connectivity index (χ0v) is 11.6. The van der Waals surface area contributed by atoms with Crippen LogP contribution in [-0.4, -0.2) is 39.6 Å². The highest BCUT2D eigenvalue weighted by Gasteiger charge is 2.07. The second-order valence-electron chi connectivity index (χ2n) is 4.12. The highest BCUT2D eigenvalue weighted by atomic mass is 16.7. The highest BCUT2D eigenvalue weighted by Crippen LogP contribution is 2.11. The summed E-state index contributed by atoms with van der Waals surface area (Å²) in [7, 11) is 3.06. The zero-order chi connectivity index (χ0) is 14.1. The van der Waals surface area contributed by atoms with Crippen LogP contribution in [-0.2, 0) is 14.3 Å². The van der Waals surface area contributed by atoms with E-state index in [1.54, 1.807) is 0 Å². The third kappa shape index (κ3) is 6.22. The van der Waals surface area contributed by atoms with E-state index in [0.717, 1.165) is 5.75 Å². The van der Waals surface area contributed by atoms with Gasteiger partial charge in [0.15, 0.2) is 6.29 Å². The minimum absolute atomic E-state index is 0.0915. The van der Waals surface area contributed by atoms with Crippen molar-refractivity contribution >= 4 is 5.91 Å². The van der Waals surface area contributed by atoms with Crippen LogP contribution in [0.5, 0.6) is 5.75 Å². The molecule has 5 nitrogen and oxygen atoms in total. The molecule has 0 aliphatic carbocycles. The lowest BCUT2D eigenvalue weighted by Crippen LogP contribution is -2.34. The SMILES string of the molecule is COC(CNC(=O)CCOc1ccc(C)cc1)OC. The van der Waals surface area contributed by atoms with Crippen LogP contribution >= 0.6 is 0 Å². The molecule has 0 aromatic heterocycles. The molecule has 1 aromatic carbocycles. The predicted octanol–water partition coefficient (Wildman–Crippen LogP) is 1.50. The second kappa shape index (κ2) is 8.50. The van der Waals surface area contributed by atoms with Crippen LogP contribution in [0.15, 0.2) is 24.3 Å². The summed E-state index contributed by atoms with van der Waals surface area (Å²) in [6.07, 6.45) is -0.115. The maximum atomic E-state index is 11.5. The monoisotopic (exact) mass is 267 g/mol. The molecule has 1 amide bonds. The number of rotatable bonds is 8. The Hall–Kier alpha value is -1.59. The van der Waals surface area contributed by atoms with Crippen molar-refractivity contribution in [3.8, 4) is 5.75 Å². The maximum Gasteiger partial charge on any atom is 0.223 e. The smallest absolute Gasteiger partial charge is 0.223 e. The molecular formula is C14H21NO4. The normalized spacial score (nSPS) is 10.5. The van der Waals surface area contributed by atoms with E-state index in [0.29, 0.717) is 19.6 Å². The molecule has 5 heteroatoms. The predicted molar refractivity (Wildman–Crippen MR) is 72.1 cm³/mol. The summed E-state index contributed by atoms with van der Waals surface area (Å²) < 4.78 is 15.4. The molecule has 1 N–H and O–H groups in total. The van der Waals surface area contributed by atoms with Crippen molar-refractivity contribution in [3.63, 3.8) is 0 Å². The molecule has 0 bridgehead atoms. The third-order valence-electron chi connectivity index (χ3n) is 2.61. The van der Waals surface area contributed by atoms with Gasteiger partial charge in [-0.25, -0.2) is 0 Å². The van der Waals surface area contributed by atoms with Gasteiger partial charge in [-0.05, 0) is 19.1 Å². The lowest BCUT2D eigenvalue weighted by Gasteiger charge is -2.14. The number of methoxy groups -OCH3 is 2. The minimum atomic E-state index is -0.415. The molecule has 0 aliphatic rings. The van der Waals surface area contributed by atoms with E-state index in [9.17, 15) is 4.79 Å². The Morgan fingerprint density at radius 1 is 1.21 bits per heavy atom. The zero-order valence-electron chi connectivity index (χ0n) is 11.6. The lowest BCUT2D eigenvalue weighted by atomic mass is 10.2. The van der Waals surface area contributed by atoms with Gasteiger partial charge in [-0.15, -0.1) is 0 Å². The lowest BCUT2D eigenvalue weighted by molar-refractivity contribution is -0.127. The molecule has 0 saturated carbocycles. The Labute approximate surface area is 113 Å². The van der Waals surface area contributed by atoms with Crippen molar-refractivity contribution in [1.82, 2.24) is 5.32 Å². The molecule has 1 rings (SSSR count). The number of aryl methyl sites for hydroxylation is 1. The first kappa shape index (κ1) is 15.5. The van der Waals surface area contributed by atoms with Gasteiger partial charge < -0.3 is 19.5 Å². The van der Waals surface area contributed by atoms with Gasteiger partial charge >= 0.3 is 0 Å². The number of carbonyl (C=O) groups is 1. The number of amides is 1. The second-order valence-corrected chi connectivity index (χ2v) is 4.12. The summed E-state index contributed by atoms with van der Waals surface area (Å²) in [5, 5.41) is 2.71. The number of hydrogen-bond donors (Lipinski definition) is 1. The van der Waals surface area contributed by atoms with Gasteiger partial charge in [-0.2, -0.15) is 0 Å². The average Bonchev–Trinajstić information content (AvgIpc) is 2.42. The van der Waals surface area contributed by atoms with Crippen LogP contribution in [0.4, 0.5) is 0 Å². The first-order valence-corrected chi connectivity index (χ1v) is 6.17. The molecule has 106 valence electrons. The van der Waals surface area contributed by atoms with Gasteiger partial charge in [0.25, 0.3) is 0 Å². The van der Waals surface area contributed by atoms with Gasteiger partial charge in [-0.1, -0.05) is 17.7 Å². The standard InChI is InChI=1S/C14H21NO4/c1-11-4-6-12(7-5-11)19-9-8-13(16)15-10-14(17-2)18-3/h4-7,14H,8-10H2,1-3H3,(H,15,16). The van der Waals surface area contributed by atoms with Gasteiger partial charge in [0.05, 0.1) is 19.6 Å². The number of nitrogens with one attached hydrogen (secondary N) is 1. The Morgan fingerprint density at radius 2 is 1.84 bits per heavy atom. The van der Waals surface area contributed by atoms with Gasteiger partial charge in [0.2, 0.25) is 5.91 Å². The molecule has 0 radical (unpaired) electrons. The third-order valence-corrected chi connectivity index (χ3v) is 2.61. The first-order valence-electron chi connectivity index (χ1n) is 6.17. The maximum absolute atomic E-state index is 11.5. The number of carbonyl (C=O) groups excluding carboxylic acids is 1.